The van der Waals surface area contributed by atoms with Gasteiger partial charge >= 0.3 is 0 Å². The molecular weight excluding hydrogens is 268 g/mol. The molecule has 0 aliphatic rings. The average Bonchev–Trinajstić information content (AvgIpc) is 2.77. The van der Waals surface area contributed by atoms with E-state index in [1.165, 1.54) is 4.88 Å². The number of thiophene rings is 1. The molecule has 2 rings (SSSR count). The maximum atomic E-state index is 9.42. The molecule has 0 bridgehead atoms. The van der Waals surface area contributed by atoms with E-state index < -0.39 is 0 Å². The molecule has 96 valence electrons. The van der Waals surface area contributed by atoms with Gasteiger partial charge in [-0.15, -0.1) is 11.3 Å². The first-order chi connectivity index (χ1) is 8.69. The van der Waals surface area contributed by atoms with Gasteiger partial charge < -0.3 is 9.84 Å². The SMILES string of the molecule is Cc1ccc(C(CO)COc2cccc(Cl)c2)s1. The van der Waals surface area contributed by atoms with Crippen LogP contribution in [0.3, 0.4) is 0 Å². The van der Waals surface area contributed by atoms with Crippen LogP contribution in [-0.2, 0) is 0 Å². The van der Waals surface area contributed by atoms with Gasteiger partial charge in [-0.3, -0.25) is 0 Å². The van der Waals surface area contributed by atoms with Crippen LogP contribution in [0.1, 0.15) is 15.7 Å². The second-order valence-corrected chi connectivity index (χ2v) is 5.85. The molecule has 0 spiro atoms. The molecule has 0 radical (unpaired) electrons. The van der Waals surface area contributed by atoms with Crippen LogP contribution in [0.5, 0.6) is 5.75 Å². The Morgan fingerprint density at radius 3 is 2.78 bits per heavy atom. The lowest BCUT2D eigenvalue weighted by Gasteiger charge is -2.14. The lowest BCUT2D eigenvalue weighted by Crippen LogP contribution is -2.12. The molecule has 0 saturated heterocycles. The number of halogens is 1. The second kappa shape index (κ2) is 6.23. The van der Waals surface area contributed by atoms with Crippen molar-refractivity contribution in [1.29, 1.82) is 0 Å². The quantitative estimate of drug-likeness (QED) is 0.902. The number of hydrogen-bond acceptors (Lipinski definition) is 3. The van der Waals surface area contributed by atoms with Gasteiger partial charge in [-0.2, -0.15) is 0 Å². The summed E-state index contributed by atoms with van der Waals surface area (Å²) >= 11 is 7.58. The Kier molecular flexibility index (Phi) is 4.64. The summed E-state index contributed by atoms with van der Waals surface area (Å²) in [5.74, 6) is 0.747. The maximum absolute atomic E-state index is 9.42. The molecule has 1 N–H and O–H groups in total. The zero-order valence-corrected chi connectivity index (χ0v) is 11.7. The second-order valence-electron chi connectivity index (χ2n) is 4.10. The van der Waals surface area contributed by atoms with Crippen LogP contribution in [0.25, 0.3) is 0 Å². The molecule has 0 aliphatic carbocycles. The smallest absolute Gasteiger partial charge is 0.120 e. The zero-order chi connectivity index (χ0) is 13.0. The predicted molar refractivity (Wildman–Crippen MR) is 75.8 cm³/mol. The molecule has 0 fully saturated rings. The fraction of sp³-hybridized carbons (Fsp3) is 0.286. The first kappa shape index (κ1) is 13.4. The van der Waals surface area contributed by atoms with Gasteiger partial charge in [0.15, 0.2) is 0 Å². The van der Waals surface area contributed by atoms with E-state index in [0.29, 0.717) is 11.6 Å². The van der Waals surface area contributed by atoms with Crippen LogP contribution in [0, 0.1) is 6.92 Å². The van der Waals surface area contributed by atoms with E-state index in [-0.39, 0.29) is 12.5 Å². The standard InChI is InChI=1S/C14H15ClO2S/c1-10-5-6-14(18-10)11(8-16)9-17-13-4-2-3-12(15)7-13/h2-7,11,16H,8-9H2,1H3. The summed E-state index contributed by atoms with van der Waals surface area (Å²) in [4.78, 5) is 2.39. The molecule has 1 heterocycles. The molecule has 0 amide bonds. The highest BCUT2D eigenvalue weighted by molar-refractivity contribution is 7.12. The minimum Gasteiger partial charge on any atom is -0.493 e. The third kappa shape index (κ3) is 3.48. The number of benzene rings is 1. The number of aliphatic hydroxyl groups is 1. The minimum atomic E-state index is 0.0164. The van der Waals surface area contributed by atoms with E-state index >= 15 is 0 Å². The normalized spacial score (nSPS) is 12.4. The van der Waals surface area contributed by atoms with E-state index in [1.54, 1.807) is 23.5 Å². The lowest BCUT2D eigenvalue weighted by atomic mass is 10.1. The Balaban J connectivity index is 1.99. The predicted octanol–water partition coefficient (Wildman–Crippen LogP) is 3.86. The third-order valence-corrected chi connectivity index (χ3v) is 4.03. The van der Waals surface area contributed by atoms with Crippen molar-refractivity contribution in [3.63, 3.8) is 0 Å². The molecule has 4 heteroatoms. The van der Waals surface area contributed by atoms with Gasteiger partial charge in [-0.05, 0) is 37.3 Å². The third-order valence-electron chi connectivity index (χ3n) is 2.63. The van der Waals surface area contributed by atoms with E-state index in [4.69, 9.17) is 16.3 Å². The summed E-state index contributed by atoms with van der Waals surface area (Å²) in [6.07, 6.45) is 0. The van der Waals surface area contributed by atoms with Crippen molar-refractivity contribution in [2.75, 3.05) is 13.2 Å². The van der Waals surface area contributed by atoms with E-state index in [9.17, 15) is 5.11 Å². The molecule has 1 aromatic carbocycles. The van der Waals surface area contributed by atoms with Crippen molar-refractivity contribution >= 4 is 22.9 Å². The Hall–Kier alpha value is -1.03. The number of aliphatic hydroxyl groups excluding tert-OH is 1. The van der Waals surface area contributed by atoms with E-state index in [1.807, 2.05) is 18.2 Å². The van der Waals surface area contributed by atoms with Gasteiger partial charge in [-0.1, -0.05) is 17.7 Å². The molecule has 2 nitrogen and oxygen atoms in total. The Morgan fingerprint density at radius 2 is 2.17 bits per heavy atom. The molecule has 1 aromatic heterocycles. The fourth-order valence-corrected chi connectivity index (χ4v) is 2.78. The summed E-state index contributed by atoms with van der Waals surface area (Å²) in [5, 5.41) is 10.1. The van der Waals surface area contributed by atoms with Crippen molar-refractivity contribution < 1.29 is 9.84 Å². The van der Waals surface area contributed by atoms with Gasteiger partial charge in [0.25, 0.3) is 0 Å². The van der Waals surface area contributed by atoms with E-state index in [0.717, 1.165) is 10.6 Å². The minimum absolute atomic E-state index is 0.0164. The van der Waals surface area contributed by atoms with Crippen LogP contribution in [0.4, 0.5) is 0 Å². The number of rotatable bonds is 5. The largest absolute Gasteiger partial charge is 0.493 e. The van der Waals surface area contributed by atoms with Crippen LogP contribution in [0.15, 0.2) is 36.4 Å². The molecule has 1 unspecified atom stereocenters. The Labute approximate surface area is 116 Å². The van der Waals surface area contributed by atoms with Crippen LogP contribution in [0.2, 0.25) is 5.02 Å². The molecular formula is C14H15ClO2S. The number of ether oxygens (including phenoxy) is 1. The molecule has 1 atom stereocenters. The lowest BCUT2D eigenvalue weighted by molar-refractivity contribution is 0.207. The van der Waals surface area contributed by atoms with Crippen molar-refractivity contribution in [3.05, 3.63) is 51.2 Å². The summed E-state index contributed by atoms with van der Waals surface area (Å²) < 4.78 is 5.67. The average molecular weight is 283 g/mol. The highest BCUT2D eigenvalue weighted by Crippen LogP contribution is 2.25. The van der Waals surface area contributed by atoms with Crippen LogP contribution < -0.4 is 4.74 Å². The van der Waals surface area contributed by atoms with Gasteiger partial charge in [-0.25, -0.2) is 0 Å². The van der Waals surface area contributed by atoms with Crippen molar-refractivity contribution in [2.45, 2.75) is 12.8 Å². The van der Waals surface area contributed by atoms with Gasteiger partial charge in [0, 0.05) is 14.8 Å². The Morgan fingerprint density at radius 1 is 1.33 bits per heavy atom. The first-order valence-electron chi connectivity index (χ1n) is 5.74. The van der Waals surface area contributed by atoms with Crippen LogP contribution >= 0.6 is 22.9 Å². The molecule has 2 aromatic rings. The zero-order valence-electron chi connectivity index (χ0n) is 10.1. The Bertz CT molecular complexity index is 510. The van der Waals surface area contributed by atoms with Gasteiger partial charge in [0.05, 0.1) is 19.1 Å². The summed E-state index contributed by atoms with van der Waals surface area (Å²) in [7, 11) is 0. The molecule has 0 saturated carbocycles. The number of aryl methyl sites for hydroxylation is 1. The number of hydrogen-bond donors (Lipinski definition) is 1. The monoisotopic (exact) mass is 282 g/mol. The van der Waals surface area contributed by atoms with Crippen molar-refractivity contribution in [3.8, 4) is 5.75 Å². The topological polar surface area (TPSA) is 29.5 Å². The molecule has 0 aliphatic heterocycles. The highest BCUT2D eigenvalue weighted by atomic mass is 35.5. The van der Waals surface area contributed by atoms with Gasteiger partial charge in [0.2, 0.25) is 0 Å². The highest BCUT2D eigenvalue weighted by Gasteiger charge is 2.13. The first-order valence-corrected chi connectivity index (χ1v) is 6.94. The summed E-state index contributed by atoms with van der Waals surface area (Å²) in [6, 6.07) is 11.4. The van der Waals surface area contributed by atoms with Crippen molar-refractivity contribution in [2.24, 2.45) is 0 Å². The summed E-state index contributed by atoms with van der Waals surface area (Å²) in [5.41, 5.74) is 0. The van der Waals surface area contributed by atoms with Crippen LogP contribution in [-0.4, -0.2) is 18.3 Å². The van der Waals surface area contributed by atoms with E-state index in [2.05, 4.69) is 13.0 Å². The fourth-order valence-electron chi connectivity index (χ4n) is 1.65. The molecule has 18 heavy (non-hydrogen) atoms. The summed E-state index contributed by atoms with van der Waals surface area (Å²) in [6.45, 7) is 2.59. The van der Waals surface area contributed by atoms with Gasteiger partial charge in [0.1, 0.15) is 5.75 Å². The maximum Gasteiger partial charge on any atom is 0.120 e. The van der Waals surface area contributed by atoms with Crippen molar-refractivity contribution in [1.82, 2.24) is 0 Å².